The molecule has 0 aromatic heterocycles. The molecule has 1 heterocycles. The van der Waals surface area contributed by atoms with E-state index in [0.717, 1.165) is 29.0 Å². The van der Waals surface area contributed by atoms with E-state index in [9.17, 15) is 9.59 Å². The Labute approximate surface area is 189 Å². The molecule has 4 rings (SSSR count). The van der Waals surface area contributed by atoms with E-state index in [4.69, 9.17) is 0 Å². The van der Waals surface area contributed by atoms with Crippen molar-refractivity contribution < 1.29 is 9.59 Å². The predicted octanol–water partition coefficient (Wildman–Crippen LogP) is 5.58. The average molecular weight is 438 g/mol. The van der Waals surface area contributed by atoms with Crippen LogP contribution in [0.4, 0.5) is 16.2 Å². The topological polar surface area (TPSA) is 61.4 Å². The van der Waals surface area contributed by atoms with E-state index in [1.165, 1.54) is 12.0 Å². The molecule has 0 spiro atoms. The summed E-state index contributed by atoms with van der Waals surface area (Å²) in [6, 6.07) is 14.1. The summed E-state index contributed by atoms with van der Waals surface area (Å²) in [5, 5.41) is 6.14. The third-order valence-corrected chi connectivity index (χ3v) is 7.69. The first kappa shape index (κ1) is 21.8. The molecule has 2 aromatic rings. The zero-order valence-corrected chi connectivity index (χ0v) is 19.3. The van der Waals surface area contributed by atoms with Crippen molar-refractivity contribution in [1.29, 1.82) is 0 Å². The number of nitrogens with zero attached hydrogens (tertiary/aromatic N) is 1. The minimum absolute atomic E-state index is 0.0877. The van der Waals surface area contributed by atoms with Gasteiger partial charge in [0.25, 0.3) is 0 Å². The van der Waals surface area contributed by atoms with Crippen LogP contribution >= 0.6 is 11.8 Å². The molecule has 31 heavy (non-hydrogen) atoms. The van der Waals surface area contributed by atoms with Crippen LogP contribution in [0.1, 0.15) is 44.2 Å². The lowest BCUT2D eigenvalue weighted by Crippen LogP contribution is -2.45. The lowest BCUT2D eigenvalue weighted by Gasteiger charge is -2.34. The number of carbonyl (C=O) groups is 2. The number of hydrogen-bond acceptors (Lipinski definition) is 3. The summed E-state index contributed by atoms with van der Waals surface area (Å²) in [5.41, 5.74) is 3.86. The van der Waals surface area contributed by atoms with Crippen LogP contribution in [0.25, 0.3) is 0 Å². The minimum Gasteiger partial charge on any atom is -0.335 e. The van der Waals surface area contributed by atoms with Gasteiger partial charge in [-0.1, -0.05) is 56.5 Å². The van der Waals surface area contributed by atoms with Crippen molar-refractivity contribution >= 4 is 35.1 Å². The van der Waals surface area contributed by atoms with Gasteiger partial charge >= 0.3 is 6.03 Å². The summed E-state index contributed by atoms with van der Waals surface area (Å²) in [6.45, 7) is 7.07. The second-order valence-electron chi connectivity index (χ2n) is 8.91. The highest BCUT2D eigenvalue weighted by molar-refractivity contribution is 8.00. The molecule has 2 aromatic carbocycles. The van der Waals surface area contributed by atoms with Gasteiger partial charge in [0.1, 0.15) is 0 Å². The van der Waals surface area contributed by atoms with E-state index in [0.29, 0.717) is 29.8 Å². The molecule has 1 aliphatic heterocycles. The Morgan fingerprint density at radius 3 is 2.68 bits per heavy atom. The standard InChI is InChI=1S/C25H31N3O2S/c1-16-7-9-19(10-8-16)14-28-22-13-20(11-12-23(22)31-15-24(28)29)26-25(30)27-21-6-4-5-17(2)18(21)3/h7-13,17-18,21H,4-6,14-15H2,1-3H3,(H2,26,27,30)/t17-,18-,21+/m0/s1. The third-order valence-electron chi connectivity index (χ3n) is 6.64. The van der Waals surface area contributed by atoms with Gasteiger partial charge in [-0.2, -0.15) is 0 Å². The Balaban J connectivity index is 1.48. The molecule has 164 valence electrons. The van der Waals surface area contributed by atoms with Crippen LogP contribution in [0, 0.1) is 18.8 Å². The molecule has 3 amide bonds. The maximum Gasteiger partial charge on any atom is 0.319 e. The lowest BCUT2D eigenvalue weighted by atomic mass is 9.78. The molecule has 2 N–H and O–H groups in total. The fourth-order valence-corrected chi connectivity index (χ4v) is 5.37. The Hall–Kier alpha value is -2.47. The maximum atomic E-state index is 12.7. The van der Waals surface area contributed by atoms with Gasteiger partial charge in [-0.15, -0.1) is 11.8 Å². The zero-order valence-electron chi connectivity index (χ0n) is 18.5. The molecular formula is C25H31N3O2S. The predicted molar refractivity (Wildman–Crippen MR) is 128 cm³/mol. The van der Waals surface area contributed by atoms with Crippen molar-refractivity contribution in [3.63, 3.8) is 0 Å². The number of aryl methyl sites for hydroxylation is 1. The lowest BCUT2D eigenvalue weighted by molar-refractivity contribution is -0.116. The highest BCUT2D eigenvalue weighted by Gasteiger charge is 2.29. The molecule has 0 radical (unpaired) electrons. The Morgan fingerprint density at radius 2 is 1.90 bits per heavy atom. The molecule has 3 atom stereocenters. The van der Waals surface area contributed by atoms with Gasteiger partial charge < -0.3 is 15.5 Å². The molecule has 1 fully saturated rings. The Morgan fingerprint density at radius 1 is 1.13 bits per heavy atom. The van der Waals surface area contributed by atoms with Crippen molar-refractivity contribution in [2.45, 2.75) is 57.5 Å². The van der Waals surface area contributed by atoms with Crippen LogP contribution in [0.15, 0.2) is 47.4 Å². The summed E-state index contributed by atoms with van der Waals surface area (Å²) in [5.74, 6) is 1.62. The summed E-state index contributed by atoms with van der Waals surface area (Å²) < 4.78 is 0. The van der Waals surface area contributed by atoms with Gasteiger partial charge in [0.2, 0.25) is 5.91 Å². The number of hydrogen-bond donors (Lipinski definition) is 2. The molecule has 2 aliphatic rings. The summed E-state index contributed by atoms with van der Waals surface area (Å²) in [6.07, 6.45) is 3.41. The van der Waals surface area contributed by atoms with Crippen molar-refractivity contribution in [1.82, 2.24) is 5.32 Å². The van der Waals surface area contributed by atoms with Crippen LogP contribution < -0.4 is 15.5 Å². The van der Waals surface area contributed by atoms with E-state index in [1.54, 1.807) is 11.8 Å². The first-order valence-electron chi connectivity index (χ1n) is 11.1. The van der Waals surface area contributed by atoms with Crippen molar-refractivity contribution in [2.24, 2.45) is 11.8 Å². The van der Waals surface area contributed by atoms with E-state index in [2.05, 4.69) is 55.7 Å². The summed E-state index contributed by atoms with van der Waals surface area (Å²) in [4.78, 5) is 28.2. The SMILES string of the molecule is Cc1ccc(CN2C(=O)CSc3ccc(NC(=O)N[C@@H]4CCC[C@H](C)[C@@H]4C)cc32)cc1. The molecule has 6 heteroatoms. The number of rotatable bonds is 4. The van der Waals surface area contributed by atoms with Crippen LogP contribution in [0.5, 0.6) is 0 Å². The van der Waals surface area contributed by atoms with Gasteiger partial charge in [-0.3, -0.25) is 4.79 Å². The monoisotopic (exact) mass is 437 g/mol. The van der Waals surface area contributed by atoms with Crippen LogP contribution in [0.2, 0.25) is 0 Å². The van der Waals surface area contributed by atoms with E-state index in [1.807, 2.05) is 23.1 Å². The van der Waals surface area contributed by atoms with Crippen LogP contribution in [-0.2, 0) is 11.3 Å². The van der Waals surface area contributed by atoms with Crippen molar-refractivity contribution in [3.8, 4) is 0 Å². The Bertz CT molecular complexity index is 960. The van der Waals surface area contributed by atoms with Gasteiger partial charge in [0.05, 0.1) is 18.0 Å². The van der Waals surface area contributed by atoms with E-state index < -0.39 is 0 Å². The number of fused-ring (bicyclic) bond motifs is 1. The van der Waals surface area contributed by atoms with Crippen molar-refractivity contribution in [2.75, 3.05) is 16.0 Å². The van der Waals surface area contributed by atoms with Gasteiger partial charge in [-0.05, 0) is 48.9 Å². The van der Waals surface area contributed by atoms with Gasteiger partial charge in [0, 0.05) is 16.6 Å². The number of urea groups is 1. The fraction of sp³-hybridized carbons (Fsp3) is 0.440. The maximum absolute atomic E-state index is 12.7. The van der Waals surface area contributed by atoms with Gasteiger partial charge in [0.15, 0.2) is 0 Å². The normalized spacial score (nSPS) is 23.3. The number of carbonyl (C=O) groups excluding carboxylic acids is 2. The molecule has 0 saturated heterocycles. The molecular weight excluding hydrogens is 406 g/mol. The largest absolute Gasteiger partial charge is 0.335 e. The molecule has 0 unspecified atom stereocenters. The van der Waals surface area contributed by atoms with Crippen LogP contribution in [0.3, 0.4) is 0 Å². The number of nitrogens with one attached hydrogen (secondary N) is 2. The highest BCUT2D eigenvalue weighted by Crippen LogP contribution is 2.38. The number of benzene rings is 2. The highest BCUT2D eigenvalue weighted by atomic mass is 32.2. The number of amides is 3. The molecule has 1 saturated carbocycles. The van der Waals surface area contributed by atoms with Crippen LogP contribution in [-0.4, -0.2) is 23.7 Å². The third kappa shape index (κ3) is 5.06. The van der Waals surface area contributed by atoms with Gasteiger partial charge in [-0.25, -0.2) is 4.79 Å². The average Bonchev–Trinajstić information content (AvgIpc) is 2.75. The fourth-order valence-electron chi connectivity index (χ4n) is 4.45. The number of thioether (sulfide) groups is 1. The number of anilines is 2. The first-order chi connectivity index (χ1) is 14.9. The molecule has 5 nitrogen and oxygen atoms in total. The van der Waals surface area contributed by atoms with E-state index >= 15 is 0 Å². The second-order valence-corrected chi connectivity index (χ2v) is 9.93. The Kier molecular flexibility index (Phi) is 6.56. The minimum atomic E-state index is -0.175. The van der Waals surface area contributed by atoms with Crippen molar-refractivity contribution in [3.05, 3.63) is 53.6 Å². The first-order valence-corrected chi connectivity index (χ1v) is 12.1. The summed E-state index contributed by atoms with van der Waals surface area (Å²) >= 11 is 1.55. The second kappa shape index (κ2) is 9.35. The summed E-state index contributed by atoms with van der Waals surface area (Å²) in [7, 11) is 0. The van der Waals surface area contributed by atoms with E-state index in [-0.39, 0.29) is 18.0 Å². The molecule has 0 bridgehead atoms. The quantitative estimate of drug-likeness (QED) is 0.656. The molecule has 1 aliphatic carbocycles. The zero-order chi connectivity index (χ0) is 22.0. The smallest absolute Gasteiger partial charge is 0.319 e.